The quantitative estimate of drug-likeness (QED) is 0.776. The zero-order valence-electron chi connectivity index (χ0n) is 13.7. The van der Waals surface area contributed by atoms with Crippen LogP contribution >= 0.6 is 23.8 Å². The maximum Gasteiger partial charge on any atom is 0.188 e. The number of hydrogen-bond donors (Lipinski definition) is 1. The van der Waals surface area contributed by atoms with Crippen molar-refractivity contribution in [2.75, 3.05) is 4.90 Å². The fourth-order valence-electron chi connectivity index (χ4n) is 3.62. The molecule has 1 saturated heterocycles. The largest absolute Gasteiger partial charge is 0.466 e. The molecule has 0 unspecified atom stereocenters. The van der Waals surface area contributed by atoms with Gasteiger partial charge in [-0.05, 0) is 49.3 Å². The lowest BCUT2D eigenvalue weighted by molar-refractivity contribution is 0.0499. The molecule has 0 radical (unpaired) electrons. The van der Waals surface area contributed by atoms with Crippen LogP contribution in [-0.2, 0) is 6.42 Å². The Kier molecular flexibility index (Phi) is 3.70. The lowest BCUT2D eigenvalue weighted by Gasteiger charge is -2.52. The van der Waals surface area contributed by atoms with E-state index in [9.17, 15) is 0 Å². The van der Waals surface area contributed by atoms with Crippen LogP contribution in [0, 0.1) is 0 Å². The van der Waals surface area contributed by atoms with Crippen LogP contribution < -0.4 is 15.0 Å². The number of nitrogens with one attached hydrogen (secondary N) is 1. The van der Waals surface area contributed by atoms with Gasteiger partial charge in [-0.25, -0.2) is 0 Å². The van der Waals surface area contributed by atoms with Gasteiger partial charge in [0.15, 0.2) is 10.8 Å². The zero-order valence-corrected chi connectivity index (χ0v) is 15.2. The molecule has 2 aliphatic heterocycles. The minimum Gasteiger partial charge on any atom is -0.466 e. The summed E-state index contributed by atoms with van der Waals surface area (Å²) in [5.74, 6) is 0.753. The third kappa shape index (κ3) is 2.36. The zero-order chi connectivity index (χ0) is 16.9. The number of rotatable bonds is 2. The third-order valence-corrected chi connectivity index (χ3v) is 5.45. The Morgan fingerprint density at radius 2 is 2.04 bits per heavy atom. The fraction of sp³-hybridized carbons (Fsp3) is 0.316. The molecule has 1 N–H and O–H groups in total. The van der Waals surface area contributed by atoms with Gasteiger partial charge < -0.3 is 10.1 Å². The maximum atomic E-state index is 6.38. The third-order valence-electron chi connectivity index (χ3n) is 4.85. The van der Waals surface area contributed by atoms with Crippen molar-refractivity contribution in [1.82, 2.24) is 5.32 Å². The SMILES string of the molecule is CCc1ccc(N2C(=S)N[C@H]3C[C@@]2(C)Oc2c(Cl)cccc23)cc1. The molecule has 4 rings (SSSR count). The Morgan fingerprint density at radius 1 is 1.29 bits per heavy atom. The molecule has 0 spiro atoms. The summed E-state index contributed by atoms with van der Waals surface area (Å²) < 4.78 is 6.38. The first kappa shape index (κ1) is 15.7. The van der Waals surface area contributed by atoms with Crippen LogP contribution in [0.2, 0.25) is 5.02 Å². The van der Waals surface area contributed by atoms with Crippen molar-refractivity contribution >= 4 is 34.6 Å². The van der Waals surface area contributed by atoms with E-state index in [-0.39, 0.29) is 6.04 Å². The molecule has 2 bridgehead atoms. The summed E-state index contributed by atoms with van der Waals surface area (Å²) in [6, 6.07) is 14.5. The predicted molar refractivity (Wildman–Crippen MR) is 102 cm³/mol. The first-order chi connectivity index (χ1) is 11.5. The van der Waals surface area contributed by atoms with E-state index < -0.39 is 5.72 Å². The number of aryl methyl sites for hydroxylation is 1. The van der Waals surface area contributed by atoms with Crippen LogP contribution in [0.25, 0.3) is 0 Å². The van der Waals surface area contributed by atoms with E-state index in [1.807, 2.05) is 18.2 Å². The number of thiocarbonyl (C=S) groups is 1. The highest BCUT2D eigenvalue weighted by Crippen LogP contribution is 2.48. The summed E-state index contributed by atoms with van der Waals surface area (Å²) >= 11 is 12.0. The molecule has 2 aromatic carbocycles. The van der Waals surface area contributed by atoms with Crippen LogP contribution in [0.15, 0.2) is 42.5 Å². The molecular weight excluding hydrogens is 340 g/mol. The molecule has 2 aromatic rings. The Morgan fingerprint density at radius 3 is 2.75 bits per heavy atom. The van der Waals surface area contributed by atoms with Crippen LogP contribution in [0.5, 0.6) is 5.75 Å². The molecule has 1 fully saturated rings. The Balaban J connectivity index is 1.78. The molecule has 0 aromatic heterocycles. The minimum absolute atomic E-state index is 0.121. The summed E-state index contributed by atoms with van der Waals surface area (Å²) in [5, 5.41) is 4.77. The van der Waals surface area contributed by atoms with Crippen LogP contribution in [0.3, 0.4) is 0 Å². The molecule has 5 heteroatoms. The van der Waals surface area contributed by atoms with Gasteiger partial charge in [0, 0.05) is 17.7 Å². The standard InChI is InChI=1S/C19H19ClN2OS/c1-3-12-7-9-13(10-8-12)22-18(24)21-16-11-19(22,2)23-17-14(16)5-4-6-15(17)20/h4-10,16H,3,11H2,1-2H3,(H,21,24)/t16-,19+/m0/s1. The smallest absolute Gasteiger partial charge is 0.188 e. The van der Waals surface area contributed by atoms with Crippen molar-refractivity contribution in [1.29, 1.82) is 0 Å². The number of fused-ring (bicyclic) bond motifs is 4. The average Bonchev–Trinajstić information content (AvgIpc) is 2.56. The lowest BCUT2D eigenvalue weighted by Crippen LogP contribution is -2.65. The molecule has 2 atom stereocenters. The van der Waals surface area contributed by atoms with Crippen molar-refractivity contribution in [2.24, 2.45) is 0 Å². The van der Waals surface area contributed by atoms with Gasteiger partial charge in [0.05, 0.1) is 11.1 Å². The van der Waals surface area contributed by atoms with Crippen LogP contribution in [-0.4, -0.2) is 10.8 Å². The van der Waals surface area contributed by atoms with Crippen molar-refractivity contribution in [3.63, 3.8) is 0 Å². The molecule has 124 valence electrons. The summed E-state index contributed by atoms with van der Waals surface area (Å²) in [5.41, 5.74) is 2.85. The first-order valence-electron chi connectivity index (χ1n) is 8.19. The predicted octanol–water partition coefficient (Wildman–Crippen LogP) is 4.84. The van der Waals surface area contributed by atoms with Crippen molar-refractivity contribution < 1.29 is 4.74 Å². The Bertz CT molecular complexity index is 808. The van der Waals surface area contributed by atoms with Crippen molar-refractivity contribution in [2.45, 2.75) is 38.5 Å². The second kappa shape index (κ2) is 5.64. The molecular formula is C19H19ClN2OS. The number of ether oxygens (including phenoxy) is 1. The number of para-hydroxylation sites is 1. The maximum absolute atomic E-state index is 6.38. The summed E-state index contributed by atoms with van der Waals surface area (Å²) in [6.07, 6.45) is 1.82. The average molecular weight is 359 g/mol. The van der Waals surface area contributed by atoms with Crippen LogP contribution in [0.4, 0.5) is 5.69 Å². The van der Waals surface area contributed by atoms with Gasteiger partial charge in [-0.2, -0.15) is 0 Å². The molecule has 0 saturated carbocycles. The lowest BCUT2D eigenvalue weighted by atomic mass is 9.90. The summed E-state index contributed by atoms with van der Waals surface area (Å²) in [4.78, 5) is 2.06. The van der Waals surface area contributed by atoms with Gasteiger partial charge in [-0.1, -0.05) is 42.8 Å². The summed E-state index contributed by atoms with van der Waals surface area (Å²) in [6.45, 7) is 4.23. The van der Waals surface area contributed by atoms with Gasteiger partial charge in [-0.3, -0.25) is 4.90 Å². The molecule has 2 heterocycles. The highest BCUT2D eigenvalue weighted by atomic mass is 35.5. The van der Waals surface area contributed by atoms with Gasteiger partial charge in [0.25, 0.3) is 0 Å². The molecule has 0 amide bonds. The van der Waals surface area contributed by atoms with E-state index in [0.29, 0.717) is 10.1 Å². The van der Waals surface area contributed by atoms with Crippen molar-refractivity contribution in [3.05, 3.63) is 58.6 Å². The van der Waals surface area contributed by atoms with Gasteiger partial charge >= 0.3 is 0 Å². The number of hydrogen-bond acceptors (Lipinski definition) is 2. The Hall–Kier alpha value is -1.78. The molecule has 2 aliphatic rings. The molecule has 0 aliphatic carbocycles. The number of halogens is 1. The summed E-state index contributed by atoms with van der Waals surface area (Å²) in [7, 11) is 0. The van der Waals surface area contributed by atoms with Gasteiger partial charge in [-0.15, -0.1) is 0 Å². The highest BCUT2D eigenvalue weighted by Gasteiger charge is 2.48. The number of benzene rings is 2. The minimum atomic E-state index is -0.557. The van der Waals surface area contributed by atoms with E-state index in [1.165, 1.54) is 5.56 Å². The second-order valence-electron chi connectivity index (χ2n) is 6.50. The Labute approximate surface area is 152 Å². The van der Waals surface area contributed by atoms with E-state index in [4.69, 9.17) is 28.6 Å². The van der Waals surface area contributed by atoms with Crippen LogP contribution in [0.1, 0.15) is 37.4 Å². The second-order valence-corrected chi connectivity index (χ2v) is 7.29. The van der Waals surface area contributed by atoms with E-state index in [0.717, 1.165) is 29.8 Å². The van der Waals surface area contributed by atoms with E-state index in [1.54, 1.807) is 0 Å². The monoisotopic (exact) mass is 358 g/mol. The van der Waals surface area contributed by atoms with E-state index in [2.05, 4.69) is 48.3 Å². The normalized spacial score (nSPS) is 24.9. The topological polar surface area (TPSA) is 24.5 Å². The van der Waals surface area contributed by atoms with Gasteiger partial charge in [0.2, 0.25) is 0 Å². The first-order valence-corrected chi connectivity index (χ1v) is 8.97. The van der Waals surface area contributed by atoms with Gasteiger partial charge in [0.1, 0.15) is 5.75 Å². The van der Waals surface area contributed by atoms with Crippen molar-refractivity contribution in [3.8, 4) is 5.75 Å². The fourth-order valence-corrected chi connectivity index (χ4v) is 4.28. The number of nitrogens with zero attached hydrogens (tertiary/aromatic N) is 1. The van der Waals surface area contributed by atoms with E-state index >= 15 is 0 Å². The highest BCUT2D eigenvalue weighted by molar-refractivity contribution is 7.80. The molecule has 24 heavy (non-hydrogen) atoms. The number of anilines is 1. The molecule has 3 nitrogen and oxygen atoms in total.